The molecule has 2 heteroatoms. The fourth-order valence-corrected chi connectivity index (χ4v) is 1.76. The Kier molecular flexibility index (Phi) is 9.42. The Balaban J connectivity index is 3.57. The molecule has 1 atom stereocenters. The summed E-state index contributed by atoms with van der Waals surface area (Å²) in [6, 6.07) is 0.712. The first kappa shape index (κ1) is 13.9. The molecule has 14 heavy (non-hydrogen) atoms. The molecule has 0 saturated carbocycles. The van der Waals surface area contributed by atoms with Gasteiger partial charge in [-0.3, -0.25) is 0 Å². The van der Waals surface area contributed by atoms with E-state index in [-0.39, 0.29) is 0 Å². The van der Waals surface area contributed by atoms with Crippen LogP contribution in [-0.2, 0) is 4.74 Å². The van der Waals surface area contributed by atoms with Crippen LogP contribution in [0.15, 0.2) is 0 Å². The lowest BCUT2D eigenvalue weighted by atomic mass is 10.1. The van der Waals surface area contributed by atoms with Gasteiger partial charge < -0.3 is 10.1 Å². The molecule has 2 nitrogen and oxygen atoms in total. The van der Waals surface area contributed by atoms with Crippen molar-refractivity contribution in [1.29, 1.82) is 0 Å². The molecule has 0 amide bonds. The van der Waals surface area contributed by atoms with Gasteiger partial charge in [-0.2, -0.15) is 0 Å². The lowest BCUT2D eigenvalue weighted by Gasteiger charge is -2.20. The van der Waals surface area contributed by atoms with Crippen LogP contribution >= 0.6 is 0 Å². The molecule has 0 fully saturated rings. The molecular formula is C12H27NO. The monoisotopic (exact) mass is 201 g/mol. The SMILES string of the molecule is CCCC(CCC)NCC(C)COC. The van der Waals surface area contributed by atoms with Crippen LogP contribution in [0.2, 0.25) is 0 Å². The third-order valence-corrected chi connectivity index (χ3v) is 2.48. The zero-order chi connectivity index (χ0) is 10.8. The van der Waals surface area contributed by atoms with Crippen molar-refractivity contribution < 1.29 is 4.74 Å². The number of hydrogen-bond donors (Lipinski definition) is 1. The van der Waals surface area contributed by atoms with E-state index in [2.05, 4.69) is 26.1 Å². The topological polar surface area (TPSA) is 21.3 Å². The molecular weight excluding hydrogens is 174 g/mol. The van der Waals surface area contributed by atoms with Gasteiger partial charge in [0.15, 0.2) is 0 Å². The van der Waals surface area contributed by atoms with Crippen LogP contribution < -0.4 is 5.32 Å². The van der Waals surface area contributed by atoms with Gasteiger partial charge in [0, 0.05) is 26.3 Å². The Morgan fingerprint density at radius 2 is 1.71 bits per heavy atom. The minimum atomic E-state index is 0.621. The molecule has 0 aliphatic heterocycles. The highest BCUT2D eigenvalue weighted by atomic mass is 16.5. The van der Waals surface area contributed by atoms with Gasteiger partial charge in [-0.1, -0.05) is 33.6 Å². The van der Waals surface area contributed by atoms with Crippen molar-refractivity contribution in [1.82, 2.24) is 5.32 Å². The summed E-state index contributed by atoms with van der Waals surface area (Å²) in [6.07, 6.45) is 5.15. The molecule has 1 unspecified atom stereocenters. The summed E-state index contributed by atoms with van der Waals surface area (Å²) in [5, 5.41) is 3.63. The lowest BCUT2D eigenvalue weighted by molar-refractivity contribution is 0.156. The van der Waals surface area contributed by atoms with Gasteiger partial charge >= 0.3 is 0 Å². The zero-order valence-electron chi connectivity index (χ0n) is 10.3. The largest absolute Gasteiger partial charge is 0.384 e. The van der Waals surface area contributed by atoms with Crippen molar-refractivity contribution >= 4 is 0 Å². The number of hydrogen-bond acceptors (Lipinski definition) is 2. The Morgan fingerprint density at radius 1 is 1.14 bits per heavy atom. The average molecular weight is 201 g/mol. The molecule has 0 rings (SSSR count). The van der Waals surface area contributed by atoms with E-state index in [1.54, 1.807) is 7.11 Å². The van der Waals surface area contributed by atoms with Gasteiger partial charge in [-0.05, 0) is 18.8 Å². The summed E-state index contributed by atoms with van der Waals surface area (Å²) in [7, 11) is 1.77. The predicted octanol–water partition coefficient (Wildman–Crippen LogP) is 2.83. The highest BCUT2D eigenvalue weighted by Crippen LogP contribution is 2.05. The van der Waals surface area contributed by atoms with Gasteiger partial charge in [0.1, 0.15) is 0 Å². The predicted molar refractivity (Wildman–Crippen MR) is 62.6 cm³/mol. The maximum absolute atomic E-state index is 5.12. The summed E-state index contributed by atoms with van der Waals surface area (Å²) in [6.45, 7) is 8.67. The molecule has 0 aliphatic carbocycles. The molecule has 0 aromatic rings. The van der Waals surface area contributed by atoms with Gasteiger partial charge in [0.2, 0.25) is 0 Å². The van der Waals surface area contributed by atoms with Crippen molar-refractivity contribution in [3.05, 3.63) is 0 Å². The molecule has 0 aliphatic rings. The molecule has 0 spiro atoms. The summed E-state index contributed by atoms with van der Waals surface area (Å²) < 4.78 is 5.12. The van der Waals surface area contributed by atoms with Crippen LogP contribution in [0.4, 0.5) is 0 Å². The van der Waals surface area contributed by atoms with E-state index >= 15 is 0 Å². The Labute approximate surface area is 89.4 Å². The summed E-state index contributed by atoms with van der Waals surface area (Å²) >= 11 is 0. The number of rotatable bonds is 9. The number of nitrogens with one attached hydrogen (secondary N) is 1. The molecule has 0 radical (unpaired) electrons. The summed E-state index contributed by atoms with van der Waals surface area (Å²) in [4.78, 5) is 0. The van der Waals surface area contributed by atoms with E-state index < -0.39 is 0 Å². The molecule has 0 bridgehead atoms. The minimum Gasteiger partial charge on any atom is -0.384 e. The van der Waals surface area contributed by atoms with Crippen molar-refractivity contribution in [3.63, 3.8) is 0 Å². The van der Waals surface area contributed by atoms with Gasteiger partial charge in [0.05, 0.1) is 0 Å². The summed E-state index contributed by atoms with van der Waals surface area (Å²) in [5.41, 5.74) is 0. The van der Waals surface area contributed by atoms with Gasteiger partial charge in [-0.15, -0.1) is 0 Å². The maximum atomic E-state index is 5.12. The van der Waals surface area contributed by atoms with Crippen molar-refractivity contribution in [2.24, 2.45) is 5.92 Å². The Bertz CT molecular complexity index is 111. The van der Waals surface area contributed by atoms with Gasteiger partial charge in [-0.25, -0.2) is 0 Å². The Hall–Kier alpha value is -0.0800. The number of methoxy groups -OCH3 is 1. The van der Waals surface area contributed by atoms with E-state index in [1.165, 1.54) is 25.7 Å². The molecule has 0 saturated heterocycles. The smallest absolute Gasteiger partial charge is 0.0499 e. The fourth-order valence-electron chi connectivity index (χ4n) is 1.76. The Morgan fingerprint density at radius 3 is 2.14 bits per heavy atom. The minimum absolute atomic E-state index is 0.621. The van der Waals surface area contributed by atoms with Crippen LogP contribution in [0, 0.1) is 5.92 Å². The highest BCUT2D eigenvalue weighted by molar-refractivity contribution is 4.67. The van der Waals surface area contributed by atoms with E-state index in [1.807, 2.05) is 0 Å². The highest BCUT2D eigenvalue weighted by Gasteiger charge is 2.07. The first-order chi connectivity index (χ1) is 6.74. The van der Waals surface area contributed by atoms with Crippen LogP contribution in [0.25, 0.3) is 0 Å². The first-order valence-electron chi connectivity index (χ1n) is 5.96. The quantitative estimate of drug-likeness (QED) is 0.619. The molecule has 0 aromatic heterocycles. The molecule has 0 heterocycles. The molecule has 86 valence electrons. The second-order valence-electron chi connectivity index (χ2n) is 4.24. The lowest BCUT2D eigenvalue weighted by Crippen LogP contribution is -2.33. The van der Waals surface area contributed by atoms with Gasteiger partial charge in [0.25, 0.3) is 0 Å². The maximum Gasteiger partial charge on any atom is 0.0499 e. The zero-order valence-corrected chi connectivity index (χ0v) is 10.3. The van der Waals surface area contributed by atoms with Crippen molar-refractivity contribution in [2.45, 2.75) is 52.5 Å². The van der Waals surface area contributed by atoms with Crippen molar-refractivity contribution in [2.75, 3.05) is 20.3 Å². The summed E-state index contributed by atoms with van der Waals surface area (Å²) in [5.74, 6) is 0.621. The third kappa shape index (κ3) is 7.34. The van der Waals surface area contributed by atoms with Crippen LogP contribution in [0.3, 0.4) is 0 Å². The standard InChI is InChI=1S/C12H27NO/c1-5-7-12(8-6-2)13-9-11(3)10-14-4/h11-13H,5-10H2,1-4H3. The molecule has 0 aromatic carbocycles. The van der Waals surface area contributed by atoms with E-state index in [9.17, 15) is 0 Å². The number of ether oxygens (including phenoxy) is 1. The fraction of sp³-hybridized carbons (Fsp3) is 1.00. The average Bonchev–Trinajstić information content (AvgIpc) is 2.15. The van der Waals surface area contributed by atoms with Crippen LogP contribution in [0.5, 0.6) is 0 Å². The third-order valence-electron chi connectivity index (χ3n) is 2.48. The first-order valence-corrected chi connectivity index (χ1v) is 5.96. The van der Waals surface area contributed by atoms with Crippen molar-refractivity contribution in [3.8, 4) is 0 Å². The second kappa shape index (κ2) is 9.47. The second-order valence-corrected chi connectivity index (χ2v) is 4.24. The van der Waals surface area contributed by atoms with Crippen LogP contribution in [-0.4, -0.2) is 26.3 Å². The van der Waals surface area contributed by atoms with E-state index in [4.69, 9.17) is 4.74 Å². The normalized spacial score (nSPS) is 13.5. The molecule has 1 N–H and O–H groups in total. The van der Waals surface area contributed by atoms with E-state index in [0.29, 0.717) is 12.0 Å². The van der Waals surface area contributed by atoms with E-state index in [0.717, 1.165) is 13.2 Å². The van der Waals surface area contributed by atoms with Crippen LogP contribution in [0.1, 0.15) is 46.5 Å².